The average molecular weight is 292 g/mol. The number of carboxylic acids is 1. The molecule has 1 unspecified atom stereocenters. The molecule has 1 aliphatic rings. The molecule has 1 saturated heterocycles. The van der Waals surface area contributed by atoms with E-state index in [0.717, 1.165) is 6.42 Å². The summed E-state index contributed by atoms with van der Waals surface area (Å²) in [6.45, 7) is 2.59. The molecule has 2 N–H and O–H groups in total. The zero-order valence-electron chi connectivity index (χ0n) is 12.0. The van der Waals surface area contributed by atoms with Crippen molar-refractivity contribution in [3.63, 3.8) is 0 Å². The first-order chi connectivity index (χ1) is 10.1. The second-order valence-electron chi connectivity index (χ2n) is 5.09. The zero-order chi connectivity index (χ0) is 15.2. The van der Waals surface area contributed by atoms with Gasteiger partial charge in [0.25, 0.3) is 0 Å². The predicted molar refractivity (Wildman–Crippen MR) is 76.9 cm³/mol. The number of carboxylic acid groups (broad SMARTS) is 1. The summed E-state index contributed by atoms with van der Waals surface area (Å²) in [4.78, 5) is 33.6. The van der Waals surface area contributed by atoms with Crippen molar-refractivity contribution in [3.8, 4) is 0 Å². The zero-order valence-corrected chi connectivity index (χ0v) is 12.0. The van der Waals surface area contributed by atoms with Gasteiger partial charge >= 0.3 is 5.97 Å². The lowest BCUT2D eigenvalue weighted by Gasteiger charge is -2.25. The molecule has 1 aliphatic heterocycles. The summed E-state index contributed by atoms with van der Waals surface area (Å²) in [5, 5.41) is 11.7. The smallest absolute Gasteiger partial charge is 0.326 e. The Morgan fingerprint density at radius 2 is 2.19 bits per heavy atom. The maximum absolute atomic E-state index is 12.3. The highest BCUT2D eigenvalue weighted by Gasteiger charge is 2.34. The van der Waals surface area contributed by atoms with Gasteiger partial charge in [-0.2, -0.15) is 0 Å². The summed E-state index contributed by atoms with van der Waals surface area (Å²) in [6.07, 6.45) is 5.94. The number of hydrogen-bond acceptors (Lipinski definition) is 5. The molecule has 2 heterocycles. The third-order valence-corrected chi connectivity index (χ3v) is 3.56. The first-order valence-corrected chi connectivity index (χ1v) is 7.20. The van der Waals surface area contributed by atoms with E-state index in [4.69, 9.17) is 5.11 Å². The van der Waals surface area contributed by atoms with Gasteiger partial charge in [-0.3, -0.25) is 4.79 Å². The van der Waals surface area contributed by atoms with Crippen LogP contribution in [0.4, 0.5) is 5.95 Å². The number of aliphatic carboxylic acids is 1. The minimum atomic E-state index is -0.995. The van der Waals surface area contributed by atoms with Gasteiger partial charge in [0.2, 0.25) is 11.9 Å². The summed E-state index contributed by atoms with van der Waals surface area (Å²) >= 11 is 0. The molecule has 1 amide bonds. The number of hydrogen-bond donors (Lipinski definition) is 2. The number of carbonyl (C=O) groups is 2. The molecule has 0 bridgehead atoms. The normalized spacial score (nSPS) is 19.3. The van der Waals surface area contributed by atoms with Crippen molar-refractivity contribution in [1.82, 2.24) is 15.3 Å². The van der Waals surface area contributed by atoms with Gasteiger partial charge in [0.05, 0.1) is 0 Å². The molecule has 7 nitrogen and oxygen atoms in total. The molecule has 2 atom stereocenters. The predicted octanol–water partition coefficient (Wildman–Crippen LogP) is 0.815. The third kappa shape index (κ3) is 3.68. The Balaban J connectivity index is 2.05. The number of anilines is 1. The molecule has 21 heavy (non-hydrogen) atoms. The number of nitrogens with one attached hydrogen (secondary N) is 1. The van der Waals surface area contributed by atoms with E-state index < -0.39 is 18.1 Å². The van der Waals surface area contributed by atoms with Crippen LogP contribution in [0.3, 0.4) is 0 Å². The SMILES string of the molecule is CCC[C@@H](NC(=O)C1CCCN1c1ncccn1)C(=O)O. The van der Waals surface area contributed by atoms with Crippen LogP contribution in [-0.4, -0.2) is 45.6 Å². The van der Waals surface area contributed by atoms with Crippen LogP contribution in [0, 0.1) is 0 Å². The monoisotopic (exact) mass is 292 g/mol. The van der Waals surface area contributed by atoms with Gasteiger partial charge in [0.15, 0.2) is 0 Å². The minimum absolute atomic E-state index is 0.263. The molecule has 2 rings (SSSR count). The van der Waals surface area contributed by atoms with E-state index in [1.54, 1.807) is 18.5 Å². The Kier molecular flexibility index (Phi) is 5.08. The Morgan fingerprint density at radius 3 is 2.81 bits per heavy atom. The van der Waals surface area contributed by atoms with Crippen molar-refractivity contribution in [2.45, 2.75) is 44.7 Å². The van der Waals surface area contributed by atoms with Crippen LogP contribution in [0.2, 0.25) is 0 Å². The lowest BCUT2D eigenvalue weighted by molar-refractivity contribution is -0.142. The fraction of sp³-hybridized carbons (Fsp3) is 0.571. The van der Waals surface area contributed by atoms with Gasteiger partial charge in [0, 0.05) is 18.9 Å². The highest BCUT2D eigenvalue weighted by Crippen LogP contribution is 2.22. The molecular formula is C14H20N4O3. The maximum Gasteiger partial charge on any atom is 0.326 e. The van der Waals surface area contributed by atoms with E-state index in [9.17, 15) is 9.59 Å². The number of aromatic nitrogens is 2. The highest BCUT2D eigenvalue weighted by atomic mass is 16.4. The Morgan fingerprint density at radius 1 is 1.48 bits per heavy atom. The van der Waals surface area contributed by atoms with Gasteiger partial charge in [-0.25, -0.2) is 14.8 Å². The second-order valence-corrected chi connectivity index (χ2v) is 5.09. The van der Waals surface area contributed by atoms with E-state index in [1.165, 1.54) is 0 Å². The summed E-state index contributed by atoms with van der Waals surface area (Å²) in [7, 11) is 0. The molecule has 7 heteroatoms. The van der Waals surface area contributed by atoms with E-state index in [1.807, 2.05) is 11.8 Å². The van der Waals surface area contributed by atoms with Crippen molar-refractivity contribution in [3.05, 3.63) is 18.5 Å². The standard InChI is InChI=1S/C14H20N4O3/c1-2-5-10(13(20)21)17-12(19)11-6-3-9-18(11)14-15-7-4-8-16-14/h4,7-8,10-11H,2-3,5-6,9H2,1H3,(H,17,19)(H,20,21)/t10-,11?/m1/s1. The molecule has 0 radical (unpaired) electrons. The van der Waals surface area contributed by atoms with Crippen molar-refractivity contribution in [2.75, 3.05) is 11.4 Å². The molecule has 0 spiro atoms. The Hall–Kier alpha value is -2.18. The maximum atomic E-state index is 12.3. The minimum Gasteiger partial charge on any atom is -0.480 e. The number of rotatable bonds is 6. The van der Waals surface area contributed by atoms with Crippen molar-refractivity contribution in [1.29, 1.82) is 0 Å². The Bertz CT molecular complexity index is 494. The van der Waals surface area contributed by atoms with Crippen molar-refractivity contribution in [2.24, 2.45) is 0 Å². The second kappa shape index (κ2) is 7.01. The van der Waals surface area contributed by atoms with Crippen molar-refractivity contribution >= 4 is 17.8 Å². The molecule has 0 aromatic carbocycles. The molecule has 1 aromatic rings. The molecule has 0 saturated carbocycles. The van der Waals surface area contributed by atoms with E-state index in [0.29, 0.717) is 31.8 Å². The quantitative estimate of drug-likeness (QED) is 0.805. The van der Waals surface area contributed by atoms with Gasteiger partial charge in [-0.05, 0) is 25.3 Å². The van der Waals surface area contributed by atoms with Crippen LogP contribution in [-0.2, 0) is 9.59 Å². The van der Waals surface area contributed by atoms with Crippen LogP contribution in [0.25, 0.3) is 0 Å². The summed E-state index contributed by atoms with van der Waals surface area (Å²) in [6, 6.07) is 0.490. The highest BCUT2D eigenvalue weighted by molar-refractivity contribution is 5.89. The lowest BCUT2D eigenvalue weighted by Crippen LogP contribution is -2.49. The molecule has 0 aliphatic carbocycles. The van der Waals surface area contributed by atoms with Gasteiger partial charge in [-0.15, -0.1) is 0 Å². The first kappa shape index (κ1) is 15.2. The summed E-state index contributed by atoms with van der Waals surface area (Å²) < 4.78 is 0. The summed E-state index contributed by atoms with van der Waals surface area (Å²) in [5.74, 6) is -0.746. The van der Waals surface area contributed by atoms with Gasteiger partial charge < -0.3 is 15.3 Å². The number of nitrogens with zero attached hydrogens (tertiary/aromatic N) is 3. The van der Waals surface area contributed by atoms with Crippen LogP contribution in [0.5, 0.6) is 0 Å². The molecule has 114 valence electrons. The van der Waals surface area contributed by atoms with Crippen LogP contribution < -0.4 is 10.2 Å². The number of carbonyl (C=O) groups excluding carboxylic acids is 1. The van der Waals surface area contributed by atoms with E-state index >= 15 is 0 Å². The molecule has 1 aromatic heterocycles. The fourth-order valence-corrected chi connectivity index (χ4v) is 2.53. The third-order valence-electron chi connectivity index (χ3n) is 3.56. The van der Waals surface area contributed by atoms with Crippen LogP contribution in [0.1, 0.15) is 32.6 Å². The van der Waals surface area contributed by atoms with E-state index in [2.05, 4.69) is 15.3 Å². The molecule has 1 fully saturated rings. The van der Waals surface area contributed by atoms with Gasteiger partial charge in [0.1, 0.15) is 12.1 Å². The lowest BCUT2D eigenvalue weighted by atomic mass is 10.1. The average Bonchev–Trinajstić information content (AvgIpc) is 2.97. The Labute approximate surface area is 123 Å². The molecular weight excluding hydrogens is 272 g/mol. The van der Waals surface area contributed by atoms with Crippen LogP contribution in [0.15, 0.2) is 18.5 Å². The van der Waals surface area contributed by atoms with Crippen LogP contribution >= 0.6 is 0 Å². The largest absolute Gasteiger partial charge is 0.480 e. The fourth-order valence-electron chi connectivity index (χ4n) is 2.53. The summed E-state index contributed by atoms with van der Waals surface area (Å²) in [5.41, 5.74) is 0. The first-order valence-electron chi connectivity index (χ1n) is 7.20. The van der Waals surface area contributed by atoms with Gasteiger partial charge in [-0.1, -0.05) is 13.3 Å². The van der Waals surface area contributed by atoms with E-state index in [-0.39, 0.29) is 5.91 Å². The topological polar surface area (TPSA) is 95.4 Å². The number of amides is 1. The van der Waals surface area contributed by atoms with Crippen molar-refractivity contribution < 1.29 is 14.7 Å².